The molecule has 2 N–H and O–H groups in total. The van der Waals surface area contributed by atoms with Gasteiger partial charge in [0.05, 0.1) is 4.90 Å². The van der Waals surface area contributed by atoms with Gasteiger partial charge in [-0.2, -0.15) is 0 Å². The summed E-state index contributed by atoms with van der Waals surface area (Å²) in [6, 6.07) is 3.28. The van der Waals surface area contributed by atoms with Crippen molar-refractivity contribution in [3.05, 3.63) is 47.8 Å². The van der Waals surface area contributed by atoms with Gasteiger partial charge in [0.25, 0.3) is 0 Å². The Balaban J connectivity index is 2.15. The number of nitrogens with zero attached hydrogens (tertiary/aromatic N) is 2. The van der Waals surface area contributed by atoms with Crippen LogP contribution in [0.3, 0.4) is 0 Å². The van der Waals surface area contributed by atoms with Crippen molar-refractivity contribution in [2.24, 2.45) is 5.73 Å². The highest BCUT2D eigenvalue weighted by Crippen LogP contribution is 2.27. The minimum atomic E-state index is -0.490. The lowest BCUT2D eigenvalue weighted by atomic mass is 10.2. The lowest BCUT2D eigenvalue weighted by Gasteiger charge is -2.03. The average Bonchev–Trinajstić information content (AvgIpc) is 2.37. The summed E-state index contributed by atoms with van der Waals surface area (Å²) in [6.45, 7) is 0.522. The molecule has 0 atom stereocenters. The van der Waals surface area contributed by atoms with Gasteiger partial charge in [-0.25, -0.2) is 18.7 Å². The minimum Gasteiger partial charge on any atom is -0.330 e. The van der Waals surface area contributed by atoms with Gasteiger partial charge in [-0.1, -0.05) is 0 Å². The monoisotopic (exact) mass is 267 g/mol. The molecule has 18 heavy (non-hydrogen) atoms. The first-order valence-corrected chi connectivity index (χ1v) is 6.14. The molecular weight excluding hydrogens is 256 g/mol. The molecule has 2 rings (SSSR count). The van der Waals surface area contributed by atoms with Crippen molar-refractivity contribution in [2.75, 3.05) is 6.54 Å². The summed E-state index contributed by atoms with van der Waals surface area (Å²) < 4.78 is 26.4. The lowest BCUT2D eigenvalue weighted by Crippen LogP contribution is -2.03. The largest absolute Gasteiger partial charge is 0.330 e. The zero-order chi connectivity index (χ0) is 13.0. The maximum Gasteiger partial charge on any atom is 0.192 e. The van der Waals surface area contributed by atoms with Crippen molar-refractivity contribution in [1.29, 1.82) is 0 Å². The van der Waals surface area contributed by atoms with Crippen molar-refractivity contribution in [1.82, 2.24) is 9.97 Å². The van der Waals surface area contributed by atoms with Crippen molar-refractivity contribution in [3.8, 4) is 0 Å². The Morgan fingerprint density at radius 3 is 2.56 bits per heavy atom. The third-order valence-corrected chi connectivity index (χ3v) is 3.14. The van der Waals surface area contributed by atoms with Crippen LogP contribution in [0.2, 0.25) is 0 Å². The Morgan fingerprint density at radius 1 is 1.17 bits per heavy atom. The zero-order valence-corrected chi connectivity index (χ0v) is 10.3. The van der Waals surface area contributed by atoms with E-state index < -0.39 is 11.6 Å². The van der Waals surface area contributed by atoms with E-state index in [4.69, 9.17) is 5.73 Å². The number of halogens is 2. The standard InChI is InChI=1S/C12H11F2N3S/c13-9-1-2-10(14)11(5-9)18-12-16-6-8(3-4-15)7-17-12/h1-2,5-7H,3-4,15H2. The van der Waals surface area contributed by atoms with Crippen LogP contribution in [0.15, 0.2) is 40.6 Å². The summed E-state index contributed by atoms with van der Waals surface area (Å²) in [7, 11) is 0. The molecule has 0 bridgehead atoms. The maximum absolute atomic E-state index is 13.4. The van der Waals surface area contributed by atoms with Crippen molar-refractivity contribution >= 4 is 11.8 Å². The van der Waals surface area contributed by atoms with E-state index in [0.29, 0.717) is 18.1 Å². The Hall–Kier alpha value is -1.53. The van der Waals surface area contributed by atoms with Crippen LogP contribution in [0.25, 0.3) is 0 Å². The van der Waals surface area contributed by atoms with E-state index in [2.05, 4.69) is 9.97 Å². The number of aromatic nitrogens is 2. The molecule has 0 spiro atoms. The number of rotatable bonds is 4. The first-order valence-electron chi connectivity index (χ1n) is 5.33. The first-order chi connectivity index (χ1) is 8.69. The second kappa shape index (κ2) is 5.88. The summed E-state index contributed by atoms with van der Waals surface area (Å²) in [5, 5.41) is 0.375. The Morgan fingerprint density at radius 2 is 1.89 bits per heavy atom. The van der Waals surface area contributed by atoms with Crippen LogP contribution in [0.5, 0.6) is 0 Å². The fourth-order valence-electron chi connectivity index (χ4n) is 1.35. The van der Waals surface area contributed by atoms with E-state index in [9.17, 15) is 8.78 Å². The van der Waals surface area contributed by atoms with Gasteiger partial charge in [0.2, 0.25) is 0 Å². The van der Waals surface area contributed by atoms with Crippen LogP contribution >= 0.6 is 11.8 Å². The van der Waals surface area contributed by atoms with Crippen LogP contribution in [-0.4, -0.2) is 16.5 Å². The molecule has 6 heteroatoms. The maximum atomic E-state index is 13.4. The van der Waals surface area contributed by atoms with Gasteiger partial charge < -0.3 is 5.73 Å². The second-order valence-electron chi connectivity index (χ2n) is 3.59. The van der Waals surface area contributed by atoms with Gasteiger partial charge >= 0.3 is 0 Å². The number of hydrogen-bond donors (Lipinski definition) is 1. The predicted molar refractivity (Wildman–Crippen MR) is 65.3 cm³/mol. The third-order valence-electron chi connectivity index (χ3n) is 2.21. The molecule has 1 aromatic carbocycles. The normalized spacial score (nSPS) is 10.6. The highest BCUT2D eigenvalue weighted by molar-refractivity contribution is 7.99. The number of nitrogens with two attached hydrogens (primary N) is 1. The molecule has 2 aromatic rings. The van der Waals surface area contributed by atoms with Gasteiger partial charge in [-0.05, 0) is 48.5 Å². The Labute approximate surface area is 107 Å². The molecule has 0 aliphatic heterocycles. The molecule has 94 valence electrons. The quantitative estimate of drug-likeness (QED) is 0.864. The van der Waals surface area contributed by atoms with E-state index >= 15 is 0 Å². The lowest BCUT2D eigenvalue weighted by molar-refractivity contribution is 0.577. The SMILES string of the molecule is NCCc1cnc(Sc2cc(F)ccc2F)nc1. The van der Waals surface area contributed by atoms with Gasteiger partial charge in [0, 0.05) is 12.4 Å². The molecular formula is C12H11F2N3S. The minimum absolute atomic E-state index is 0.168. The molecule has 0 aliphatic carbocycles. The van der Waals surface area contributed by atoms with E-state index in [0.717, 1.165) is 35.5 Å². The van der Waals surface area contributed by atoms with Crippen LogP contribution in [0, 0.1) is 11.6 Å². The van der Waals surface area contributed by atoms with E-state index in [1.165, 1.54) is 0 Å². The van der Waals surface area contributed by atoms with Gasteiger partial charge in [-0.15, -0.1) is 0 Å². The highest BCUT2D eigenvalue weighted by atomic mass is 32.2. The topological polar surface area (TPSA) is 51.8 Å². The van der Waals surface area contributed by atoms with Gasteiger partial charge in [0.1, 0.15) is 11.6 Å². The molecule has 0 unspecified atom stereocenters. The predicted octanol–water partition coefficient (Wildman–Crippen LogP) is 2.41. The third kappa shape index (κ3) is 3.24. The molecule has 3 nitrogen and oxygen atoms in total. The van der Waals surface area contributed by atoms with Crippen molar-refractivity contribution in [3.63, 3.8) is 0 Å². The molecule has 0 saturated carbocycles. The first kappa shape index (κ1) is 12.9. The van der Waals surface area contributed by atoms with Crippen molar-refractivity contribution < 1.29 is 8.78 Å². The molecule has 0 saturated heterocycles. The van der Waals surface area contributed by atoms with Crippen LogP contribution in [0.4, 0.5) is 8.78 Å². The van der Waals surface area contributed by atoms with Crippen LogP contribution in [-0.2, 0) is 6.42 Å². The molecule has 1 aromatic heterocycles. The average molecular weight is 267 g/mol. The fourth-order valence-corrected chi connectivity index (χ4v) is 2.09. The summed E-state index contributed by atoms with van der Waals surface area (Å²) in [6.07, 6.45) is 3.97. The van der Waals surface area contributed by atoms with E-state index in [1.807, 2.05) is 0 Å². The van der Waals surface area contributed by atoms with Crippen molar-refractivity contribution in [2.45, 2.75) is 16.5 Å². The Bertz CT molecular complexity index is 531. The van der Waals surface area contributed by atoms with Crippen LogP contribution < -0.4 is 5.73 Å². The molecule has 1 heterocycles. The summed E-state index contributed by atoms with van der Waals surface area (Å²) in [4.78, 5) is 8.31. The van der Waals surface area contributed by atoms with Gasteiger partial charge in [0.15, 0.2) is 5.16 Å². The fraction of sp³-hybridized carbons (Fsp3) is 0.167. The van der Waals surface area contributed by atoms with E-state index in [-0.39, 0.29) is 4.90 Å². The summed E-state index contributed by atoms with van der Waals surface area (Å²) in [5.41, 5.74) is 6.32. The highest BCUT2D eigenvalue weighted by Gasteiger charge is 2.07. The number of hydrogen-bond acceptors (Lipinski definition) is 4. The Kier molecular flexibility index (Phi) is 4.22. The second-order valence-corrected chi connectivity index (χ2v) is 4.60. The van der Waals surface area contributed by atoms with Gasteiger partial charge in [-0.3, -0.25) is 0 Å². The summed E-state index contributed by atoms with van der Waals surface area (Å²) in [5.74, 6) is -0.977. The molecule has 0 aliphatic rings. The van der Waals surface area contributed by atoms with E-state index in [1.54, 1.807) is 12.4 Å². The molecule has 0 amide bonds. The smallest absolute Gasteiger partial charge is 0.192 e. The molecule has 0 fully saturated rings. The summed E-state index contributed by atoms with van der Waals surface area (Å²) >= 11 is 0.987. The zero-order valence-electron chi connectivity index (χ0n) is 9.44. The van der Waals surface area contributed by atoms with Crippen LogP contribution in [0.1, 0.15) is 5.56 Å². The number of benzene rings is 1. The molecule has 0 radical (unpaired) electrons.